The number of carbonyl (C=O) groups is 1. The van der Waals surface area contributed by atoms with Gasteiger partial charge in [-0.1, -0.05) is 24.3 Å². The summed E-state index contributed by atoms with van der Waals surface area (Å²) in [6.45, 7) is 3.81. The molecule has 2 fully saturated rings. The lowest BCUT2D eigenvalue weighted by Crippen LogP contribution is -2.57. The summed E-state index contributed by atoms with van der Waals surface area (Å²) in [5.41, 5.74) is 1.71. The van der Waals surface area contributed by atoms with Crippen LogP contribution in [0.1, 0.15) is 43.7 Å². The number of hydrogen-bond donors (Lipinski definition) is 0. The van der Waals surface area contributed by atoms with Gasteiger partial charge in [0.15, 0.2) is 17.2 Å². The summed E-state index contributed by atoms with van der Waals surface area (Å²) in [4.78, 5) is 12.9. The Labute approximate surface area is 112 Å². The number of benzene rings is 1. The van der Waals surface area contributed by atoms with Crippen molar-refractivity contribution in [3.63, 3.8) is 0 Å². The van der Waals surface area contributed by atoms with Crippen LogP contribution in [0.25, 0.3) is 0 Å². The third-order valence-corrected chi connectivity index (χ3v) is 4.71. The molecule has 4 rings (SSSR count). The SMILES string of the molecule is CC1(C)OC2CC[C@@H]3C(=O)[C@]2(Cc2ccccc23)O1. The highest BCUT2D eigenvalue weighted by Crippen LogP contribution is 2.52. The molecule has 2 bridgehead atoms. The van der Waals surface area contributed by atoms with E-state index in [2.05, 4.69) is 12.1 Å². The van der Waals surface area contributed by atoms with Crippen molar-refractivity contribution in [3.8, 4) is 0 Å². The molecule has 1 saturated heterocycles. The zero-order chi connectivity index (χ0) is 13.3. The Morgan fingerprint density at radius 2 is 2.00 bits per heavy atom. The van der Waals surface area contributed by atoms with Crippen molar-refractivity contribution in [1.29, 1.82) is 0 Å². The molecule has 1 aliphatic heterocycles. The van der Waals surface area contributed by atoms with E-state index in [1.807, 2.05) is 26.0 Å². The third kappa shape index (κ3) is 1.43. The first-order valence-electron chi connectivity index (χ1n) is 7.02. The van der Waals surface area contributed by atoms with Gasteiger partial charge in [-0.2, -0.15) is 0 Å². The lowest BCUT2D eigenvalue weighted by Gasteiger charge is -2.43. The number of fused-ring (bicyclic) bond motifs is 3. The van der Waals surface area contributed by atoms with E-state index in [1.165, 1.54) is 11.1 Å². The fourth-order valence-electron chi connectivity index (χ4n) is 4.06. The van der Waals surface area contributed by atoms with Crippen LogP contribution in [-0.4, -0.2) is 23.3 Å². The average molecular weight is 258 g/mol. The smallest absolute Gasteiger partial charge is 0.175 e. The largest absolute Gasteiger partial charge is 0.344 e. The van der Waals surface area contributed by atoms with E-state index < -0.39 is 11.4 Å². The molecule has 1 aromatic carbocycles. The van der Waals surface area contributed by atoms with Crippen LogP contribution in [-0.2, 0) is 20.7 Å². The Bertz CT molecular complexity index is 563. The zero-order valence-corrected chi connectivity index (χ0v) is 11.3. The fourth-order valence-corrected chi connectivity index (χ4v) is 4.06. The first kappa shape index (κ1) is 11.6. The highest BCUT2D eigenvalue weighted by Gasteiger charge is 2.63. The molecule has 100 valence electrons. The van der Waals surface area contributed by atoms with Crippen LogP contribution in [0.15, 0.2) is 24.3 Å². The van der Waals surface area contributed by atoms with Gasteiger partial charge in [0.25, 0.3) is 0 Å². The summed E-state index contributed by atoms with van der Waals surface area (Å²) >= 11 is 0. The monoisotopic (exact) mass is 258 g/mol. The number of Topliss-reactive ketones (excluding diaryl/α,β-unsaturated/α-hetero) is 1. The molecule has 0 aromatic heterocycles. The van der Waals surface area contributed by atoms with Gasteiger partial charge in [-0.3, -0.25) is 4.79 Å². The fraction of sp³-hybridized carbons (Fsp3) is 0.562. The molecule has 0 amide bonds. The second kappa shape index (κ2) is 3.47. The number of ketones is 1. The maximum atomic E-state index is 12.9. The standard InChI is InChI=1S/C16H18O3/c1-15(2)18-13-8-7-12-11-6-4-3-5-10(11)9-16(13,19-15)14(12)17/h3-6,12-13H,7-9H2,1-2H3/t12-,13?,16+/m0/s1. The van der Waals surface area contributed by atoms with Crippen molar-refractivity contribution in [3.05, 3.63) is 35.4 Å². The molecular formula is C16H18O3. The summed E-state index contributed by atoms with van der Waals surface area (Å²) in [5.74, 6) is -0.423. The van der Waals surface area contributed by atoms with Crippen LogP contribution in [0.4, 0.5) is 0 Å². The Kier molecular flexibility index (Phi) is 2.12. The van der Waals surface area contributed by atoms with Crippen LogP contribution in [0.5, 0.6) is 0 Å². The molecule has 0 N–H and O–H groups in total. The van der Waals surface area contributed by atoms with Crippen molar-refractivity contribution in [1.82, 2.24) is 0 Å². The van der Waals surface area contributed by atoms with Gasteiger partial charge >= 0.3 is 0 Å². The summed E-state index contributed by atoms with van der Waals surface area (Å²) in [5, 5.41) is 0. The van der Waals surface area contributed by atoms with E-state index in [1.54, 1.807) is 0 Å². The van der Waals surface area contributed by atoms with Crippen LogP contribution in [0.2, 0.25) is 0 Å². The Balaban J connectivity index is 1.87. The van der Waals surface area contributed by atoms with Gasteiger partial charge in [0.05, 0.1) is 6.10 Å². The minimum Gasteiger partial charge on any atom is -0.344 e. The third-order valence-electron chi connectivity index (χ3n) is 4.71. The van der Waals surface area contributed by atoms with Crippen LogP contribution in [0, 0.1) is 0 Å². The number of carbonyl (C=O) groups excluding carboxylic acids is 1. The molecule has 3 nitrogen and oxygen atoms in total. The van der Waals surface area contributed by atoms with Gasteiger partial charge < -0.3 is 9.47 Å². The molecule has 1 unspecified atom stereocenters. The second-order valence-corrected chi connectivity index (χ2v) is 6.37. The highest BCUT2D eigenvalue weighted by atomic mass is 16.8. The van der Waals surface area contributed by atoms with Gasteiger partial charge in [-0.25, -0.2) is 0 Å². The van der Waals surface area contributed by atoms with Gasteiger partial charge in [-0.15, -0.1) is 0 Å². The minimum absolute atomic E-state index is 0.00120. The maximum absolute atomic E-state index is 12.9. The first-order valence-corrected chi connectivity index (χ1v) is 7.02. The Morgan fingerprint density at radius 1 is 1.21 bits per heavy atom. The highest BCUT2D eigenvalue weighted by molar-refractivity contribution is 5.97. The van der Waals surface area contributed by atoms with Crippen LogP contribution in [0.3, 0.4) is 0 Å². The van der Waals surface area contributed by atoms with Crippen molar-refractivity contribution < 1.29 is 14.3 Å². The minimum atomic E-state index is -0.735. The van der Waals surface area contributed by atoms with E-state index >= 15 is 0 Å². The molecule has 3 heteroatoms. The second-order valence-electron chi connectivity index (χ2n) is 6.37. The summed E-state index contributed by atoms with van der Waals surface area (Å²) in [7, 11) is 0. The molecule has 1 heterocycles. The van der Waals surface area contributed by atoms with E-state index in [4.69, 9.17) is 9.47 Å². The van der Waals surface area contributed by atoms with E-state index in [9.17, 15) is 4.79 Å². The van der Waals surface area contributed by atoms with Gasteiger partial charge in [0, 0.05) is 12.3 Å². The maximum Gasteiger partial charge on any atom is 0.175 e. The summed E-state index contributed by atoms with van der Waals surface area (Å²) < 4.78 is 12.1. The Morgan fingerprint density at radius 3 is 2.84 bits per heavy atom. The summed E-state index contributed by atoms with van der Waals surface area (Å²) in [6.07, 6.45) is 2.36. The number of rotatable bonds is 0. The molecular weight excluding hydrogens is 240 g/mol. The van der Waals surface area contributed by atoms with Gasteiger partial charge in [0.1, 0.15) is 0 Å². The number of hydrogen-bond acceptors (Lipinski definition) is 3. The molecule has 0 radical (unpaired) electrons. The molecule has 1 spiro atoms. The summed E-state index contributed by atoms with van der Waals surface area (Å²) in [6, 6.07) is 8.27. The predicted molar refractivity (Wildman–Crippen MR) is 69.9 cm³/mol. The van der Waals surface area contributed by atoms with Crippen molar-refractivity contribution in [2.45, 2.75) is 56.5 Å². The average Bonchev–Trinajstić information content (AvgIpc) is 2.61. The lowest BCUT2D eigenvalue weighted by atomic mass is 9.64. The molecule has 1 saturated carbocycles. The van der Waals surface area contributed by atoms with Crippen molar-refractivity contribution >= 4 is 5.78 Å². The predicted octanol–water partition coefficient (Wildman–Crippen LogP) is 2.58. The van der Waals surface area contributed by atoms with Crippen LogP contribution >= 0.6 is 0 Å². The molecule has 3 atom stereocenters. The molecule has 2 aliphatic carbocycles. The van der Waals surface area contributed by atoms with E-state index in [0.29, 0.717) is 6.42 Å². The topological polar surface area (TPSA) is 35.5 Å². The Hall–Kier alpha value is -1.19. The van der Waals surface area contributed by atoms with Gasteiger partial charge in [-0.05, 0) is 37.8 Å². The van der Waals surface area contributed by atoms with Crippen molar-refractivity contribution in [2.75, 3.05) is 0 Å². The van der Waals surface area contributed by atoms with E-state index in [0.717, 1.165) is 12.8 Å². The molecule has 19 heavy (non-hydrogen) atoms. The molecule has 3 aliphatic rings. The van der Waals surface area contributed by atoms with E-state index in [-0.39, 0.29) is 17.8 Å². The quantitative estimate of drug-likeness (QED) is 0.717. The number of ether oxygens (including phenoxy) is 2. The van der Waals surface area contributed by atoms with Crippen LogP contribution < -0.4 is 0 Å². The van der Waals surface area contributed by atoms with Gasteiger partial charge in [0.2, 0.25) is 0 Å². The zero-order valence-electron chi connectivity index (χ0n) is 11.3. The normalized spacial score (nSPS) is 38.7. The molecule has 1 aromatic rings. The van der Waals surface area contributed by atoms with Crippen molar-refractivity contribution in [2.24, 2.45) is 0 Å². The first-order chi connectivity index (χ1) is 9.02. The lowest BCUT2D eigenvalue weighted by molar-refractivity contribution is -0.173.